The largest absolute Gasteiger partial charge is 0.468 e. The van der Waals surface area contributed by atoms with Crippen molar-refractivity contribution in [1.29, 1.82) is 0 Å². The lowest BCUT2D eigenvalue weighted by molar-refractivity contribution is -0.144. The maximum absolute atomic E-state index is 13.6. The molecule has 0 N–H and O–H groups in total. The van der Waals surface area contributed by atoms with Crippen molar-refractivity contribution in [2.75, 3.05) is 7.11 Å². The first-order chi connectivity index (χ1) is 14.0. The van der Waals surface area contributed by atoms with Crippen LogP contribution in [0, 0.1) is 6.92 Å². The number of esters is 1. The Morgan fingerprint density at radius 2 is 1.62 bits per heavy atom. The monoisotopic (exact) mass is 447 g/mol. The van der Waals surface area contributed by atoms with E-state index in [0.717, 1.165) is 37.6 Å². The van der Waals surface area contributed by atoms with Crippen LogP contribution in [0.1, 0.15) is 22.3 Å². The molecular weight excluding hydrogens is 426 g/mol. The number of methoxy groups -OCH3 is 1. The maximum atomic E-state index is 13.6. The molecule has 4 rings (SSSR count). The van der Waals surface area contributed by atoms with Crippen LogP contribution in [0.3, 0.4) is 0 Å². The lowest BCUT2D eigenvalue weighted by atomic mass is 9.69. The summed E-state index contributed by atoms with van der Waals surface area (Å²) in [5, 5.41) is 1.02. The Morgan fingerprint density at radius 1 is 0.966 bits per heavy atom. The number of carbonyl (C=O) groups is 1. The summed E-state index contributed by atoms with van der Waals surface area (Å²) in [6, 6.07) is 24.1. The van der Waals surface area contributed by atoms with Gasteiger partial charge in [0, 0.05) is 34.2 Å². The number of rotatable bonds is 4. The molecule has 3 aromatic carbocycles. The third-order valence-electron chi connectivity index (χ3n) is 5.54. The normalized spacial score (nSPS) is 13.2. The average Bonchev–Trinajstić information content (AvgIpc) is 3.06. The summed E-state index contributed by atoms with van der Waals surface area (Å²) in [5.74, 6) is -0.303. The summed E-state index contributed by atoms with van der Waals surface area (Å²) >= 11 is 3.56. The van der Waals surface area contributed by atoms with Gasteiger partial charge in [0.1, 0.15) is 5.41 Å². The third-order valence-corrected chi connectivity index (χ3v) is 6.03. The van der Waals surface area contributed by atoms with E-state index in [1.54, 1.807) is 0 Å². The molecule has 4 heteroatoms. The third kappa shape index (κ3) is 3.08. The first-order valence-electron chi connectivity index (χ1n) is 9.44. The number of aryl methyl sites for hydroxylation is 2. The van der Waals surface area contributed by atoms with E-state index < -0.39 is 5.41 Å². The first-order valence-corrected chi connectivity index (χ1v) is 10.2. The number of fused-ring (bicyclic) bond motifs is 1. The second-order valence-electron chi connectivity index (χ2n) is 7.29. The Hall–Kier alpha value is -2.85. The zero-order valence-corrected chi connectivity index (χ0v) is 18.2. The molecule has 146 valence electrons. The lowest BCUT2D eigenvalue weighted by Crippen LogP contribution is -2.39. The van der Waals surface area contributed by atoms with Gasteiger partial charge in [-0.25, -0.2) is 0 Å². The minimum atomic E-state index is -1.07. The van der Waals surface area contributed by atoms with Gasteiger partial charge >= 0.3 is 5.97 Å². The molecule has 0 saturated heterocycles. The standard InChI is InChI=1S/C25H22BrNO2/c1-17-9-11-19(12-10-17)25(24(28)29-3,18-7-5-4-6-8-18)22-16-27(2)23-15-20(26)13-14-21(22)23/h4-16H,1-3H3. The fraction of sp³-hybridized carbons (Fsp3) is 0.160. The Bertz CT molecular complexity index is 1180. The van der Waals surface area contributed by atoms with Gasteiger partial charge in [-0.2, -0.15) is 0 Å². The summed E-state index contributed by atoms with van der Waals surface area (Å²) in [7, 11) is 3.45. The number of ether oxygens (including phenoxy) is 1. The molecule has 1 heterocycles. The van der Waals surface area contributed by atoms with Gasteiger partial charge in [0.25, 0.3) is 0 Å². The average molecular weight is 448 g/mol. The molecule has 0 saturated carbocycles. The van der Waals surface area contributed by atoms with Crippen LogP contribution in [0.4, 0.5) is 0 Å². The first kappa shape index (κ1) is 19.5. The van der Waals surface area contributed by atoms with Crippen molar-refractivity contribution >= 4 is 32.8 Å². The van der Waals surface area contributed by atoms with E-state index in [0.29, 0.717) is 0 Å². The molecule has 0 aliphatic rings. The topological polar surface area (TPSA) is 31.2 Å². The molecule has 0 bridgehead atoms. The Morgan fingerprint density at radius 3 is 2.28 bits per heavy atom. The van der Waals surface area contributed by atoms with E-state index in [9.17, 15) is 4.79 Å². The highest BCUT2D eigenvalue weighted by atomic mass is 79.9. The van der Waals surface area contributed by atoms with Gasteiger partial charge in [-0.05, 0) is 30.2 Å². The maximum Gasteiger partial charge on any atom is 0.325 e. The molecule has 0 aliphatic carbocycles. The van der Waals surface area contributed by atoms with Crippen LogP contribution in [-0.4, -0.2) is 17.6 Å². The van der Waals surface area contributed by atoms with Gasteiger partial charge < -0.3 is 9.30 Å². The van der Waals surface area contributed by atoms with Gasteiger partial charge in [0.15, 0.2) is 0 Å². The van der Waals surface area contributed by atoms with Crippen molar-refractivity contribution in [3.63, 3.8) is 0 Å². The predicted molar refractivity (Wildman–Crippen MR) is 120 cm³/mol. The molecule has 3 nitrogen and oxygen atoms in total. The molecule has 29 heavy (non-hydrogen) atoms. The molecule has 0 radical (unpaired) electrons. The van der Waals surface area contributed by atoms with Gasteiger partial charge in [0.2, 0.25) is 0 Å². The van der Waals surface area contributed by atoms with Crippen LogP contribution in [0.25, 0.3) is 10.9 Å². The molecule has 1 unspecified atom stereocenters. The summed E-state index contributed by atoms with van der Waals surface area (Å²) < 4.78 is 8.49. The molecule has 0 fully saturated rings. The minimum absolute atomic E-state index is 0.303. The summed E-state index contributed by atoms with van der Waals surface area (Å²) in [4.78, 5) is 13.6. The van der Waals surface area contributed by atoms with Gasteiger partial charge in [-0.3, -0.25) is 4.79 Å². The van der Waals surface area contributed by atoms with E-state index >= 15 is 0 Å². The van der Waals surface area contributed by atoms with Crippen LogP contribution in [-0.2, 0) is 22.0 Å². The van der Waals surface area contributed by atoms with Crippen molar-refractivity contribution in [1.82, 2.24) is 4.57 Å². The Labute approximate surface area is 179 Å². The molecule has 4 aromatic rings. The van der Waals surface area contributed by atoms with E-state index in [1.807, 2.05) is 80.8 Å². The van der Waals surface area contributed by atoms with Crippen molar-refractivity contribution in [2.45, 2.75) is 12.3 Å². The van der Waals surface area contributed by atoms with E-state index in [1.165, 1.54) is 7.11 Å². The van der Waals surface area contributed by atoms with Crippen LogP contribution < -0.4 is 0 Å². The second kappa shape index (κ2) is 7.53. The number of nitrogens with zero attached hydrogens (tertiary/aromatic N) is 1. The summed E-state index contributed by atoms with van der Waals surface area (Å²) in [6.45, 7) is 2.04. The highest BCUT2D eigenvalue weighted by Crippen LogP contribution is 2.44. The molecule has 1 aromatic heterocycles. The predicted octanol–water partition coefficient (Wildman–Crippen LogP) is 5.76. The number of carbonyl (C=O) groups excluding carboxylic acids is 1. The van der Waals surface area contributed by atoms with E-state index in [-0.39, 0.29) is 5.97 Å². The van der Waals surface area contributed by atoms with E-state index in [4.69, 9.17) is 4.74 Å². The van der Waals surface area contributed by atoms with Crippen molar-refractivity contribution in [3.05, 3.63) is 106 Å². The zero-order valence-electron chi connectivity index (χ0n) is 16.6. The summed E-state index contributed by atoms with van der Waals surface area (Å²) in [6.07, 6.45) is 2.04. The SMILES string of the molecule is COC(=O)C(c1ccccc1)(c1ccc(C)cc1)c1cn(C)c2cc(Br)ccc12. The highest BCUT2D eigenvalue weighted by molar-refractivity contribution is 9.10. The molecule has 0 amide bonds. The van der Waals surface area contributed by atoms with Crippen molar-refractivity contribution in [3.8, 4) is 0 Å². The zero-order chi connectivity index (χ0) is 20.6. The van der Waals surface area contributed by atoms with Crippen LogP contribution in [0.5, 0.6) is 0 Å². The fourth-order valence-electron chi connectivity index (χ4n) is 4.12. The lowest BCUT2D eigenvalue weighted by Gasteiger charge is -2.32. The van der Waals surface area contributed by atoms with Crippen molar-refractivity contribution < 1.29 is 9.53 Å². The van der Waals surface area contributed by atoms with Crippen molar-refractivity contribution in [2.24, 2.45) is 7.05 Å². The van der Waals surface area contributed by atoms with E-state index in [2.05, 4.69) is 32.6 Å². The number of aromatic nitrogens is 1. The van der Waals surface area contributed by atoms with Crippen LogP contribution in [0.2, 0.25) is 0 Å². The Balaban J connectivity index is 2.16. The minimum Gasteiger partial charge on any atom is -0.468 e. The fourth-order valence-corrected chi connectivity index (χ4v) is 4.47. The summed E-state index contributed by atoms with van der Waals surface area (Å²) in [5.41, 5.74) is 3.79. The van der Waals surface area contributed by atoms with Gasteiger partial charge in [0.05, 0.1) is 7.11 Å². The molecule has 0 spiro atoms. The molecule has 1 atom stereocenters. The Kier molecular flexibility index (Phi) is 5.05. The number of halogens is 1. The van der Waals surface area contributed by atoms with Crippen LogP contribution >= 0.6 is 15.9 Å². The highest BCUT2D eigenvalue weighted by Gasteiger charge is 2.46. The van der Waals surface area contributed by atoms with Gasteiger partial charge in [-0.1, -0.05) is 82.2 Å². The number of hydrogen-bond donors (Lipinski definition) is 0. The molecular formula is C25H22BrNO2. The number of benzene rings is 3. The quantitative estimate of drug-likeness (QED) is 0.372. The molecule has 0 aliphatic heterocycles. The smallest absolute Gasteiger partial charge is 0.325 e. The second-order valence-corrected chi connectivity index (χ2v) is 8.20. The van der Waals surface area contributed by atoms with Gasteiger partial charge in [-0.15, -0.1) is 0 Å². The number of hydrogen-bond acceptors (Lipinski definition) is 2. The van der Waals surface area contributed by atoms with Crippen LogP contribution in [0.15, 0.2) is 83.5 Å².